The second kappa shape index (κ2) is 7.51. The Hall–Kier alpha value is -2.69. The number of rotatable bonds is 4. The van der Waals surface area contributed by atoms with Crippen LogP contribution in [-0.2, 0) is 11.2 Å². The van der Waals surface area contributed by atoms with E-state index in [0.29, 0.717) is 0 Å². The van der Waals surface area contributed by atoms with Crippen LogP contribution in [0.25, 0.3) is 11.1 Å². The Bertz CT molecular complexity index is 891. The van der Waals surface area contributed by atoms with Crippen molar-refractivity contribution in [2.24, 2.45) is 5.92 Å². The smallest absolute Gasteiger partial charge is 0.387 e. The Morgan fingerprint density at radius 3 is 2.78 bits per heavy atom. The number of nitrogens with one attached hydrogen (secondary N) is 1. The lowest BCUT2D eigenvalue weighted by molar-refractivity contribution is -0.0928. The minimum absolute atomic E-state index is 0.0923. The van der Waals surface area contributed by atoms with E-state index in [2.05, 4.69) is 10.1 Å². The van der Waals surface area contributed by atoms with Crippen LogP contribution in [0.1, 0.15) is 18.4 Å². The molecule has 1 heterocycles. The van der Waals surface area contributed by atoms with Crippen LogP contribution in [0.3, 0.4) is 0 Å². The lowest BCUT2D eigenvalue weighted by Gasteiger charge is -2.33. The van der Waals surface area contributed by atoms with Crippen molar-refractivity contribution in [3.8, 4) is 11.1 Å². The molecule has 27 heavy (non-hydrogen) atoms. The van der Waals surface area contributed by atoms with Gasteiger partial charge >= 0.3 is 6.61 Å². The Balaban J connectivity index is 1.57. The van der Waals surface area contributed by atoms with Gasteiger partial charge in [0, 0.05) is 17.6 Å². The van der Waals surface area contributed by atoms with Crippen LogP contribution in [0.4, 0.5) is 18.9 Å². The fraction of sp³-hybridized carbons (Fsp3) is 0.273. The molecule has 0 amide bonds. The van der Waals surface area contributed by atoms with E-state index in [1.54, 1.807) is 24.3 Å². The summed E-state index contributed by atoms with van der Waals surface area (Å²) in [4.78, 5) is 0. The molecule has 1 aliphatic carbocycles. The van der Waals surface area contributed by atoms with Gasteiger partial charge < -0.3 is 10.1 Å². The van der Waals surface area contributed by atoms with Gasteiger partial charge in [0.15, 0.2) is 0 Å². The maximum absolute atomic E-state index is 13.6. The lowest BCUT2D eigenvalue weighted by Crippen LogP contribution is -2.33. The van der Waals surface area contributed by atoms with Crippen LogP contribution in [0, 0.1) is 11.7 Å². The molecule has 0 saturated heterocycles. The monoisotopic (exact) mass is 371 g/mol. The Labute approximate surface area is 156 Å². The number of hydrogen-bond donors (Lipinski definition) is 1. The van der Waals surface area contributed by atoms with Crippen LogP contribution in [0.5, 0.6) is 0 Å². The molecule has 5 heteroatoms. The zero-order valence-corrected chi connectivity index (χ0v) is 14.7. The molecule has 2 aromatic rings. The van der Waals surface area contributed by atoms with Crippen molar-refractivity contribution in [1.82, 2.24) is 0 Å². The van der Waals surface area contributed by atoms with Gasteiger partial charge in [-0.25, -0.2) is 4.39 Å². The molecule has 0 saturated carbocycles. The third kappa shape index (κ3) is 3.87. The molecular formula is C22H20F3NO. The fourth-order valence-corrected chi connectivity index (χ4v) is 3.95. The zero-order valence-electron chi connectivity index (χ0n) is 14.7. The molecule has 0 radical (unpaired) electrons. The van der Waals surface area contributed by atoms with Crippen molar-refractivity contribution in [3.63, 3.8) is 0 Å². The minimum Gasteiger partial charge on any atom is -0.435 e. The summed E-state index contributed by atoms with van der Waals surface area (Å²) in [5.41, 5.74) is 4.07. The summed E-state index contributed by atoms with van der Waals surface area (Å²) in [7, 11) is 0. The summed E-state index contributed by atoms with van der Waals surface area (Å²) in [6.07, 6.45) is 7.76. The number of alkyl halides is 2. The number of halogens is 3. The fourth-order valence-electron chi connectivity index (χ4n) is 3.95. The molecule has 140 valence electrons. The molecule has 1 unspecified atom stereocenters. The van der Waals surface area contributed by atoms with Crippen LogP contribution < -0.4 is 5.32 Å². The summed E-state index contributed by atoms with van der Waals surface area (Å²) in [5.74, 6) is 0.0644. The average molecular weight is 371 g/mol. The van der Waals surface area contributed by atoms with Gasteiger partial charge in [-0.3, -0.25) is 0 Å². The molecule has 0 spiro atoms. The van der Waals surface area contributed by atoms with Gasteiger partial charge in [0.25, 0.3) is 0 Å². The molecule has 2 nitrogen and oxygen atoms in total. The van der Waals surface area contributed by atoms with Crippen molar-refractivity contribution in [3.05, 3.63) is 77.8 Å². The maximum atomic E-state index is 13.6. The van der Waals surface area contributed by atoms with E-state index in [-0.39, 0.29) is 23.5 Å². The number of anilines is 1. The first kappa shape index (κ1) is 17.7. The van der Waals surface area contributed by atoms with Gasteiger partial charge in [-0.1, -0.05) is 30.3 Å². The standard InChI is InChI=1S/C22H20F3NO/c23-16-6-1-4-14(12-16)18-8-3-9-21-19(18)10-11-20(26-21)15-5-2-7-17(13-15)27-22(24)25/h1-4,6-9,12-13,15,20,22,26H,5,10-11H2/t15?,20-/m1/s1. The third-order valence-electron chi connectivity index (χ3n) is 5.17. The van der Waals surface area contributed by atoms with Crippen LogP contribution in [0.15, 0.2) is 66.5 Å². The second-order valence-electron chi connectivity index (χ2n) is 6.88. The van der Waals surface area contributed by atoms with E-state index in [0.717, 1.165) is 36.1 Å². The molecule has 2 aromatic carbocycles. The molecule has 2 aliphatic rings. The van der Waals surface area contributed by atoms with Crippen LogP contribution in [-0.4, -0.2) is 12.7 Å². The summed E-state index contributed by atoms with van der Waals surface area (Å²) < 4.78 is 43.1. The predicted molar refractivity (Wildman–Crippen MR) is 100.0 cm³/mol. The molecular weight excluding hydrogens is 351 g/mol. The molecule has 4 rings (SSSR count). The van der Waals surface area contributed by atoms with Gasteiger partial charge in [0.1, 0.15) is 11.6 Å². The summed E-state index contributed by atoms with van der Waals surface area (Å²) in [6, 6.07) is 12.7. The largest absolute Gasteiger partial charge is 0.435 e. The normalized spacial score (nSPS) is 21.4. The van der Waals surface area contributed by atoms with Gasteiger partial charge in [-0.2, -0.15) is 8.78 Å². The molecule has 0 fully saturated rings. The summed E-state index contributed by atoms with van der Waals surface area (Å²) in [5, 5.41) is 3.55. The van der Waals surface area contributed by atoms with Crippen molar-refractivity contribution >= 4 is 5.69 Å². The van der Waals surface area contributed by atoms with Crippen molar-refractivity contribution in [1.29, 1.82) is 0 Å². The van der Waals surface area contributed by atoms with Crippen molar-refractivity contribution in [2.75, 3.05) is 5.32 Å². The van der Waals surface area contributed by atoms with Crippen LogP contribution >= 0.6 is 0 Å². The Morgan fingerprint density at radius 1 is 1.11 bits per heavy atom. The van der Waals surface area contributed by atoms with Crippen LogP contribution in [0.2, 0.25) is 0 Å². The van der Waals surface area contributed by atoms with E-state index >= 15 is 0 Å². The minimum atomic E-state index is -2.81. The molecule has 0 aromatic heterocycles. The quantitative estimate of drug-likeness (QED) is 0.720. The predicted octanol–water partition coefficient (Wildman–Crippen LogP) is 5.92. The highest BCUT2D eigenvalue weighted by Crippen LogP contribution is 2.37. The van der Waals surface area contributed by atoms with E-state index in [9.17, 15) is 13.2 Å². The Morgan fingerprint density at radius 2 is 1.96 bits per heavy atom. The summed E-state index contributed by atoms with van der Waals surface area (Å²) in [6.45, 7) is -2.81. The molecule has 1 N–H and O–H groups in total. The van der Waals surface area contributed by atoms with E-state index in [4.69, 9.17) is 0 Å². The second-order valence-corrected chi connectivity index (χ2v) is 6.88. The highest BCUT2D eigenvalue weighted by Gasteiger charge is 2.27. The topological polar surface area (TPSA) is 21.3 Å². The molecule has 1 aliphatic heterocycles. The number of hydrogen-bond acceptors (Lipinski definition) is 2. The first-order valence-electron chi connectivity index (χ1n) is 9.07. The van der Waals surface area contributed by atoms with E-state index in [1.165, 1.54) is 11.6 Å². The van der Waals surface area contributed by atoms with E-state index < -0.39 is 6.61 Å². The van der Waals surface area contributed by atoms with Gasteiger partial charge in [0.05, 0.1) is 0 Å². The van der Waals surface area contributed by atoms with Crippen molar-refractivity contribution in [2.45, 2.75) is 31.9 Å². The first-order valence-corrected chi connectivity index (χ1v) is 9.07. The third-order valence-corrected chi connectivity index (χ3v) is 5.17. The highest BCUT2D eigenvalue weighted by atomic mass is 19.3. The number of fused-ring (bicyclic) bond motifs is 1. The Kier molecular flexibility index (Phi) is 4.92. The lowest BCUT2D eigenvalue weighted by atomic mass is 9.83. The SMILES string of the molecule is Fc1cccc(-c2cccc3c2CC[C@H](C2C=C(OC(F)F)C=CC2)N3)c1. The highest BCUT2D eigenvalue weighted by molar-refractivity contribution is 5.75. The number of benzene rings is 2. The van der Waals surface area contributed by atoms with Gasteiger partial charge in [-0.05, 0) is 66.3 Å². The van der Waals surface area contributed by atoms with Gasteiger partial charge in [-0.15, -0.1) is 0 Å². The van der Waals surface area contributed by atoms with Crippen molar-refractivity contribution < 1.29 is 17.9 Å². The molecule has 2 atom stereocenters. The maximum Gasteiger partial charge on any atom is 0.387 e. The summed E-state index contributed by atoms with van der Waals surface area (Å²) >= 11 is 0. The van der Waals surface area contributed by atoms with Gasteiger partial charge in [0.2, 0.25) is 0 Å². The zero-order chi connectivity index (χ0) is 18.8. The van der Waals surface area contributed by atoms with E-state index in [1.807, 2.05) is 30.3 Å². The average Bonchev–Trinajstić information content (AvgIpc) is 2.67. The number of ether oxygens (including phenoxy) is 1. The molecule has 0 bridgehead atoms. The first-order chi connectivity index (χ1) is 13.1. The number of allylic oxidation sites excluding steroid dienone is 2.